The van der Waals surface area contributed by atoms with E-state index in [-0.39, 0.29) is 17.5 Å². The van der Waals surface area contributed by atoms with E-state index in [9.17, 15) is 9.59 Å². The molecule has 4 heterocycles. The Morgan fingerprint density at radius 1 is 1.09 bits per heavy atom. The highest BCUT2D eigenvalue weighted by molar-refractivity contribution is 5.95. The Hall–Kier alpha value is -3.42. The molecule has 1 aromatic carbocycles. The van der Waals surface area contributed by atoms with E-state index in [1.165, 1.54) is 7.11 Å². The van der Waals surface area contributed by atoms with E-state index in [0.717, 1.165) is 47.2 Å². The molecule has 0 bridgehead atoms. The second-order valence-electron chi connectivity index (χ2n) is 9.94. The van der Waals surface area contributed by atoms with Crippen molar-refractivity contribution < 1.29 is 19.1 Å². The Morgan fingerprint density at radius 2 is 1.88 bits per heavy atom. The lowest BCUT2D eigenvalue weighted by Crippen LogP contribution is -2.37. The number of aromatic nitrogens is 3. The van der Waals surface area contributed by atoms with E-state index in [1.54, 1.807) is 12.1 Å². The van der Waals surface area contributed by atoms with Crippen LogP contribution in [0.4, 0.5) is 4.79 Å². The molecule has 2 aliphatic rings. The molecule has 2 aliphatic heterocycles. The van der Waals surface area contributed by atoms with Gasteiger partial charge in [-0.25, -0.2) is 9.59 Å². The maximum Gasteiger partial charge on any atom is 0.410 e. The number of nitrogens with zero attached hydrogens (tertiary/aromatic N) is 4. The molecule has 0 aliphatic carbocycles. The molecule has 8 nitrogen and oxygen atoms in total. The van der Waals surface area contributed by atoms with Gasteiger partial charge in [0.1, 0.15) is 5.60 Å². The van der Waals surface area contributed by atoms with Crippen LogP contribution >= 0.6 is 0 Å². The summed E-state index contributed by atoms with van der Waals surface area (Å²) < 4.78 is 12.5. The maximum atomic E-state index is 12.6. The van der Waals surface area contributed by atoms with Crippen molar-refractivity contribution in [3.63, 3.8) is 0 Å². The van der Waals surface area contributed by atoms with Gasteiger partial charge in [0.05, 0.1) is 23.9 Å². The van der Waals surface area contributed by atoms with Crippen LogP contribution in [0.1, 0.15) is 49.7 Å². The first kappa shape index (κ1) is 21.4. The van der Waals surface area contributed by atoms with Gasteiger partial charge >= 0.3 is 12.1 Å². The lowest BCUT2D eigenvalue weighted by Gasteiger charge is -2.26. The second-order valence-corrected chi connectivity index (χ2v) is 9.94. The van der Waals surface area contributed by atoms with Crippen LogP contribution in [0.25, 0.3) is 22.2 Å². The van der Waals surface area contributed by atoms with Gasteiger partial charge in [0, 0.05) is 47.9 Å². The first-order valence-corrected chi connectivity index (χ1v) is 11.2. The molecule has 5 rings (SSSR count). The molecular weight excluding hydrogens is 420 g/mol. The number of hydrogen-bond donors (Lipinski definition) is 0. The number of esters is 1. The van der Waals surface area contributed by atoms with Crippen LogP contribution in [0.2, 0.25) is 0 Å². The number of rotatable bonds is 2. The smallest absolute Gasteiger partial charge is 0.410 e. The average Bonchev–Trinajstić information content (AvgIpc) is 3.48. The average molecular weight is 449 g/mol. The topological polar surface area (TPSA) is 86.5 Å². The lowest BCUT2D eigenvalue weighted by atomic mass is 9.82. The van der Waals surface area contributed by atoms with Crippen molar-refractivity contribution in [1.82, 2.24) is 19.7 Å². The van der Waals surface area contributed by atoms with Gasteiger partial charge in [-0.05, 0) is 63.9 Å². The molecule has 2 aromatic heterocycles. The molecule has 1 spiro atoms. The summed E-state index contributed by atoms with van der Waals surface area (Å²) in [6, 6.07) is 9.45. The second kappa shape index (κ2) is 7.57. The lowest BCUT2D eigenvalue weighted by molar-refractivity contribution is 0.0284. The minimum absolute atomic E-state index is 0.0928. The zero-order valence-corrected chi connectivity index (χ0v) is 19.4. The van der Waals surface area contributed by atoms with E-state index < -0.39 is 5.60 Å². The summed E-state index contributed by atoms with van der Waals surface area (Å²) in [5, 5.41) is 5.70. The number of carbonyl (C=O) groups is 2. The van der Waals surface area contributed by atoms with Crippen molar-refractivity contribution >= 4 is 23.0 Å². The number of benzene rings is 1. The number of likely N-dealkylation sites (tertiary alicyclic amines) is 1. The van der Waals surface area contributed by atoms with Gasteiger partial charge in [0.25, 0.3) is 0 Å². The molecule has 3 aromatic rings. The largest absolute Gasteiger partial charge is 0.465 e. The summed E-state index contributed by atoms with van der Waals surface area (Å²) in [6.45, 7) is 7.82. The summed E-state index contributed by atoms with van der Waals surface area (Å²) in [4.78, 5) is 30.9. The Labute approximate surface area is 192 Å². The highest BCUT2D eigenvalue weighted by Crippen LogP contribution is 2.44. The zero-order chi connectivity index (χ0) is 23.4. The molecule has 1 saturated heterocycles. The van der Waals surface area contributed by atoms with Crippen LogP contribution in [-0.2, 0) is 21.4 Å². The summed E-state index contributed by atoms with van der Waals surface area (Å²) in [5.41, 5.74) is 3.59. The van der Waals surface area contributed by atoms with E-state index >= 15 is 0 Å². The van der Waals surface area contributed by atoms with Crippen LogP contribution in [0.5, 0.6) is 0 Å². The number of hydrogen-bond acceptors (Lipinski definition) is 6. The Balaban J connectivity index is 1.42. The number of fused-ring (bicyclic) bond motifs is 3. The van der Waals surface area contributed by atoms with Gasteiger partial charge in [-0.3, -0.25) is 9.67 Å². The minimum atomic E-state index is -0.506. The van der Waals surface area contributed by atoms with Crippen LogP contribution < -0.4 is 0 Å². The van der Waals surface area contributed by atoms with Gasteiger partial charge in [0.15, 0.2) is 0 Å². The SMILES string of the molecule is COC(=O)c1ccc2ncc(-c3cc4n(n3)CC[C@]43CCN(C(=O)OC(C)(C)C)C3)cc2c1. The summed E-state index contributed by atoms with van der Waals surface area (Å²) in [5.74, 6) is -0.374. The van der Waals surface area contributed by atoms with Gasteiger partial charge in [-0.1, -0.05) is 0 Å². The van der Waals surface area contributed by atoms with Crippen molar-refractivity contribution in [2.24, 2.45) is 0 Å². The highest BCUT2D eigenvalue weighted by atomic mass is 16.6. The fourth-order valence-electron chi connectivity index (χ4n) is 4.89. The number of pyridine rings is 1. The van der Waals surface area contributed by atoms with Crippen LogP contribution in [0.15, 0.2) is 36.5 Å². The first-order chi connectivity index (χ1) is 15.7. The van der Waals surface area contributed by atoms with Gasteiger partial charge in [-0.15, -0.1) is 0 Å². The van der Waals surface area contributed by atoms with Crippen molar-refractivity contribution in [3.05, 3.63) is 47.8 Å². The monoisotopic (exact) mass is 448 g/mol. The molecular formula is C25H28N4O4. The van der Waals surface area contributed by atoms with E-state index in [2.05, 4.69) is 15.7 Å². The maximum absolute atomic E-state index is 12.6. The van der Waals surface area contributed by atoms with E-state index in [0.29, 0.717) is 18.7 Å². The standard InChI is InChI=1S/C25H28N4O4/c1-24(2,3)33-23(31)28-9-7-25(15-28)8-10-29-21(25)13-20(27-29)18-12-17-11-16(22(30)32-4)5-6-19(17)26-14-18/h5-6,11-14H,7-10,15H2,1-4H3/t25-/m0/s1. The Morgan fingerprint density at radius 3 is 2.64 bits per heavy atom. The fourth-order valence-corrected chi connectivity index (χ4v) is 4.89. The Kier molecular flexibility index (Phi) is 4.92. The summed E-state index contributed by atoms with van der Waals surface area (Å²) in [7, 11) is 1.37. The molecule has 0 unspecified atom stereocenters. The van der Waals surface area contributed by atoms with Gasteiger partial charge in [-0.2, -0.15) is 5.10 Å². The molecule has 1 fully saturated rings. The molecule has 1 amide bonds. The number of aryl methyl sites for hydroxylation is 1. The van der Waals surface area contributed by atoms with Crippen LogP contribution in [0.3, 0.4) is 0 Å². The molecule has 172 valence electrons. The minimum Gasteiger partial charge on any atom is -0.465 e. The van der Waals surface area contributed by atoms with Crippen molar-refractivity contribution in [2.75, 3.05) is 20.2 Å². The number of amides is 1. The molecule has 0 saturated carbocycles. The van der Waals surface area contributed by atoms with Gasteiger partial charge in [0.2, 0.25) is 0 Å². The predicted octanol–water partition coefficient (Wildman–Crippen LogP) is 4.17. The predicted molar refractivity (Wildman–Crippen MR) is 123 cm³/mol. The van der Waals surface area contributed by atoms with Crippen molar-refractivity contribution in [2.45, 2.75) is 51.2 Å². The zero-order valence-electron chi connectivity index (χ0n) is 19.4. The van der Waals surface area contributed by atoms with Gasteiger partial charge < -0.3 is 14.4 Å². The quantitative estimate of drug-likeness (QED) is 0.547. The number of carbonyl (C=O) groups excluding carboxylic acids is 2. The molecule has 0 N–H and O–H groups in total. The van der Waals surface area contributed by atoms with Crippen LogP contribution in [-0.4, -0.2) is 57.5 Å². The summed E-state index contributed by atoms with van der Waals surface area (Å²) in [6.07, 6.45) is 3.42. The third-order valence-electron chi connectivity index (χ3n) is 6.53. The van der Waals surface area contributed by atoms with E-state index in [1.807, 2.05) is 44.0 Å². The summed E-state index contributed by atoms with van der Waals surface area (Å²) >= 11 is 0. The molecule has 33 heavy (non-hydrogen) atoms. The normalized spacial score (nSPS) is 19.8. The van der Waals surface area contributed by atoms with E-state index in [4.69, 9.17) is 14.6 Å². The first-order valence-electron chi connectivity index (χ1n) is 11.2. The third kappa shape index (κ3) is 3.83. The molecule has 8 heteroatoms. The molecule has 1 atom stereocenters. The Bertz CT molecular complexity index is 1260. The molecule has 0 radical (unpaired) electrons. The van der Waals surface area contributed by atoms with Crippen molar-refractivity contribution in [3.8, 4) is 11.3 Å². The van der Waals surface area contributed by atoms with Crippen LogP contribution in [0, 0.1) is 0 Å². The number of methoxy groups -OCH3 is 1. The number of ether oxygens (including phenoxy) is 2. The highest BCUT2D eigenvalue weighted by Gasteiger charge is 2.47. The fraction of sp³-hybridized carbons (Fsp3) is 0.440. The van der Waals surface area contributed by atoms with Crippen molar-refractivity contribution in [1.29, 1.82) is 0 Å². The third-order valence-corrected chi connectivity index (χ3v) is 6.53.